The topological polar surface area (TPSA) is 51.6 Å². The normalized spacial score (nSPS) is 10.3. The quantitative estimate of drug-likeness (QED) is 0.180. The van der Waals surface area contributed by atoms with Crippen molar-refractivity contribution in [2.45, 2.75) is 20.4 Å². The molecule has 0 aliphatic rings. The zero-order chi connectivity index (χ0) is 36.6. The first-order chi connectivity index (χ1) is 25.9. The van der Waals surface area contributed by atoms with Crippen LogP contribution in [0, 0.1) is 13.8 Å². The molecule has 55 heavy (non-hydrogen) atoms. The number of rotatable bonds is 5. The van der Waals surface area contributed by atoms with Crippen molar-refractivity contribution < 1.29 is 48.1 Å². The number of aryl methyl sites for hydroxylation is 2. The molecule has 4 heterocycles. The summed E-state index contributed by atoms with van der Waals surface area (Å²) in [4.78, 5) is 18.0. The third-order valence-corrected chi connectivity index (χ3v) is 12.3. The molecule has 0 unspecified atom stereocenters. The van der Waals surface area contributed by atoms with Gasteiger partial charge in [0.25, 0.3) is 0 Å². The second-order valence-electron chi connectivity index (χ2n) is 13.0. The Balaban J connectivity index is 0.000000168. The molecule has 4 aromatic heterocycles. The average molecular weight is 849 g/mol. The van der Waals surface area contributed by atoms with Crippen molar-refractivity contribution in [3.8, 4) is 45.0 Å². The van der Waals surface area contributed by atoms with Crippen LogP contribution in [0.5, 0.6) is 0 Å². The molecule has 270 valence electrons. The van der Waals surface area contributed by atoms with Crippen molar-refractivity contribution in [1.29, 1.82) is 0 Å². The van der Waals surface area contributed by atoms with E-state index in [2.05, 4.69) is 131 Å². The zero-order valence-electron chi connectivity index (χ0n) is 30.8. The molecule has 0 bridgehead atoms. The number of fused-ring (bicyclic) bond motifs is 2. The molecule has 5 aromatic carbocycles. The van der Waals surface area contributed by atoms with Crippen LogP contribution in [0.25, 0.3) is 66.6 Å². The smallest absolute Gasteiger partial charge is 0.0609 e. The fraction of sp³-hybridized carbons (Fsp3) is 0.0638. The van der Waals surface area contributed by atoms with Crippen LogP contribution in [0.1, 0.15) is 11.1 Å². The van der Waals surface area contributed by atoms with E-state index < -0.39 is 0 Å². The molecule has 0 fully saturated rings. The number of pyridine rings is 4. The molecule has 4 nitrogen and oxygen atoms in total. The van der Waals surface area contributed by atoms with Gasteiger partial charge in [0.05, 0.1) is 22.8 Å². The van der Waals surface area contributed by atoms with Crippen LogP contribution in [0.15, 0.2) is 176 Å². The molecule has 9 aromatic rings. The van der Waals surface area contributed by atoms with E-state index in [1.54, 1.807) is 28.5 Å². The van der Waals surface area contributed by atoms with Gasteiger partial charge in [-0.2, -0.15) is 12.1 Å². The molecule has 0 N–H and O–H groups in total. The van der Waals surface area contributed by atoms with E-state index in [9.17, 15) is 0 Å². The number of benzene rings is 3. The van der Waals surface area contributed by atoms with E-state index in [1.165, 1.54) is 32.7 Å². The third-order valence-electron chi connectivity index (χ3n) is 8.94. The molecule has 0 saturated carbocycles. The fourth-order valence-corrected chi connectivity index (χ4v) is 8.38. The molecule has 0 radical (unpaired) electrons. The Kier molecular flexibility index (Phi) is 14.8. The van der Waals surface area contributed by atoms with Crippen molar-refractivity contribution in [2.75, 3.05) is 0 Å². The van der Waals surface area contributed by atoms with Crippen LogP contribution in [0.4, 0.5) is 0 Å². The van der Waals surface area contributed by atoms with E-state index in [1.807, 2.05) is 85.5 Å². The van der Waals surface area contributed by atoms with Crippen LogP contribution in [-0.2, 0) is 23.3 Å². The first kappa shape index (κ1) is 41.3. The van der Waals surface area contributed by atoms with Gasteiger partial charge >= 0.3 is 70.8 Å². The van der Waals surface area contributed by atoms with Crippen LogP contribution < -0.4 is 30.0 Å². The number of nitrogens with zero attached hydrogens (tertiary/aromatic N) is 4. The molecule has 0 amide bonds. The first-order valence-electron chi connectivity index (χ1n) is 17.6. The molecular weight excluding hydrogens is 811 g/mol. The maximum atomic E-state index is 4.52. The maximum Gasteiger partial charge on any atom is 0.0609 e. The van der Waals surface area contributed by atoms with Crippen molar-refractivity contribution >= 4 is 32.2 Å². The summed E-state index contributed by atoms with van der Waals surface area (Å²) in [5.41, 5.74) is 10.9. The molecule has 0 saturated heterocycles. The van der Waals surface area contributed by atoms with Gasteiger partial charge in [0.15, 0.2) is 0 Å². The van der Waals surface area contributed by atoms with Crippen molar-refractivity contribution in [3.63, 3.8) is 0 Å². The molecule has 8 heteroatoms. The summed E-state index contributed by atoms with van der Waals surface area (Å²) >= 11 is 1.69. The number of hydrogen-bond donors (Lipinski definition) is 0. The monoisotopic (exact) mass is 846 g/mol. The molecule has 0 atom stereocenters. The van der Waals surface area contributed by atoms with Crippen LogP contribution in [-0.4, -0.2) is 25.4 Å². The summed E-state index contributed by atoms with van der Waals surface area (Å²) < 4.78 is 0. The Morgan fingerprint density at radius 3 is 1.15 bits per heavy atom. The number of aromatic nitrogens is 4. The predicted molar refractivity (Wildman–Crippen MR) is 219 cm³/mol. The Morgan fingerprint density at radius 2 is 0.818 bits per heavy atom. The summed E-state index contributed by atoms with van der Waals surface area (Å²) in [5, 5.41) is 6.52. The minimum absolute atomic E-state index is 0. The Hall–Kier alpha value is -4.84. The molecule has 0 aliphatic carbocycles. The van der Waals surface area contributed by atoms with Gasteiger partial charge in [-0.15, -0.1) is 56.9 Å². The Morgan fingerprint density at radius 1 is 0.455 bits per heavy atom. The zero-order valence-corrected chi connectivity index (χ0v) is 35.8. The maximum absolute atomic E-state index is 4.52. The molecular formula is C47H38Cl2N4SiZr-2. The van der Waals surface area contributed by atoms with Crippen LogP contribution >= 0.6 is 0 Å². The summed E-state index contributed by atoms with van der Waals surface area (Å²) in [5.74, 6) is 0. The number of halogens is 2. The Labute approximate surface area is 350 Å². The van der Waals surface area contributed by atoms with E-state index in [0.717, 1.165) is 45.0 Å². The van der Waals surface area contributed by atoms with E-state index in [4.69, 9.17) is 0 Å². The SMILES string of the molecule is C[Si](=[Zr+2])c1ccccc1.Cc1cc2c(-c3ccccn3)cc(-c3ccccn3)cc2[cH-]1.Cc1cc2c(-c3ccccn3)cc(-c3ccccn3)cc2[cH-]1.[Cl-].[Cl-]. The minimum Gasteiger partial charge on any atom is -1.00 e. The van der Waals surface area contributed by atoms with Crippen LogP contribution in [0.2, 0.25) is 6.55 Å². The van der Waals surface area contributed by atoms with Crippen LogP contribution in [0.3, 0.4) is 0 Å². The average Bonchev–Trinajstić information content (AvgIpc) is 3.80. The van der Waals surface area contributed by atoms with Crippen molar-refractivity contribution in [2.24, 2.45) is 0 Å². The standard InChI is InChI=1S/2C20H15N2.C7H8Si.2ClH.Zr/c2*1-14-10-15-12-16(19-6-2-4-8-21-19)13-18(17(15)11-14)20-7-3-5-9-22-20;1-8-7-5-3-2-4-6-7;;;/h2*2-13H,1H3;2-6H,1H3;2*1H;/q2*-1;;;;+2/p-2. The summed E-state index contributed by atoms with van der Waals surface area (Å²) in [6, 6.07) is 52.5. The van der Waals surface area contributed by atoms with E-state index in [-0.39, 0.29) is 30.2 Å². The van der Waals surface area contributed by atoms with Gasteiger partial charge in [-0.25, -0.2) is 0 Å². The van der Waals surface area contributed by atoms with Crippen molar-refractivity contribution in [3.05, 3.63) is 188 Å². The second-order valence-corrected chi connectivity index (χ2v) is 20.3. The first-order valence-corrected chi connectivity index (χ1v) is 23.3. The van der Waals surface area contributed by atoms with E-state index in [0.29, 0.717) is 0 Å². The second kappa shape index (κ2) is 19.7. The van der Waals surface area contributed by atoms with Crippen molar-refractivity contribution in [1.82, 2.24) is 19.9 Å². The summed E-state index contributed by atoms with van der Waals surface area (Å²) in [6.45, 7) is 6.60. The van der Waals surface area contributed by atoms with Gasteiger partial charge in [0.2, 0.25) is 0 Å². The molecule has 9 rings (SSSR count). The molecule has 0 spiro atoms. The summed E-state index contributed by atoms with van der Waals surface area (Å²) in [7, 11) is 0. The van der Waals surface area contributed by atoms with E-state index >= 15 is 0 Å². The van der Waals surface area contributed by atoms with Gasteiger partial charge in [-0.3, -0.25) is 19.9 Å². The third kappa shape index (κ3) is 10.3. The van der Waals surface area contributed by atoms with Gasteiger partial charge in [-0.1, -0.05) is 50.2 Å². The van der Waals surface area contributed by atoms with Gasteiger partial charge < -0.3 is 24.8 Å². The predicted octanol–water partition coefficient (Wildman–Crippen LogP) is 5.05. The largest absolute Gasteiger partial charge is 1.00 e. The van der Waals surface area contributed by atoms with Gasteiger partial charge in [0, 0.05) is 24.8 Å². The fourth-order valence-electron chi connectivity index (χ4n) is 6.46. The number of hydrogen-bond acceptors (Lipinski definition) is 4. The molecule has 0 aliphatic heterocycles. The summed E-state index contributed by atoms with van der Waals surface area (Å²) in [6.07, 6.45) is 7.33. The Bertz CT molecular complexity index is 2440. The van der Waals surface area contributed by atoms with Gasteiger partial charge in [0.1, 0.15) is 0 Å². The minimum atomic E-state index is -0.122. The van der Waals surface area contributed by atoms with Gasteiger partial charge in [-0.05, 0) is 70.8 Å².